The Labute approximate surface area is 187 Å². The number of anilines is 1. The van der Waals surface area contributed by atoms with Crippen LogP contribution in [0.25, 0.3) is 0 Å². The molecule has 4 atom stereocenters. The molecule has 5 rings (SSSR count). The van der Waals surface area contributed by atoms with E-state index < -0.39 is 17.4 Å². The Kier molecular flexibility index (Phi) is 4.91. The smallest absolute Gasteiger partial charge is 0.250 e. The maximum absolute atomic E-state index is 13.6. The Balaban J connectivity index is 1.63. The first-order chi connectivity index (χ1) is 15.4. The van der Waals surface area contributed by atoms with Crippen LogP contribution in [0.4, 0.5) is 5.69 Å². The highest BCUT2D eigenvalue weighted by atomic mass is 16.5. The molecule has 3 aliphatic rings. The zero-order valence-corrected chi connectivity index (χ0v) is 18.5. The van der Waals surface area contributed by atoms with Gasteiger partial charge >= 0.3 is 0 Å². The fourth-order valence-electron chi connectivity index (χ4n) is 5.62. The van der Waals surface area contributed by atoms with Gasteiger partial charge in [0.25, 0.3) is 0 Å². The summed E-state index contributed by atoms with van der Waals surface area (Å²) in [5, 5.41) is 6.52. The molecule has 7 heteroatoms. The molecule has 32 heavy (non-hydrogen) atoms. The van der Waals surface area contributed by atoms with Crippen LogP contribution in [-0.4, -0.2) is 48.9 Å². The van der Waals surface area contributed by atoms with Crippen molar-refractivity contribution in [2.24, 2.45) is 11.8 Å². The van der Waals surface area contributed by atoms with Crippen LogP contribution in [0.15, 0.2) is 42.5 Å². The Hall–Kier alpha value is -3.03. The van der Waals surface area contributed by atoms with E-state index in [4.69, 9.17) is 4.74 Å². The van der Waals surface area contributed by atoms with Crippen LogP contribution in [0.2, 0.25) is 0 Å². The van der Waals surface area contributed by atoms with Gasteiger partial charge in [0.1, 0.15) is 5.54 Å². The number of hydrogen-bond donors (Lipinski definition) is 2. The highest BCUT2D eigenvalue weighted by Gasteiger charge is 2.70. The zero-order valence-electron chi connectivity index (χ0n) is 18.5. The Morgan fingerprint density at radius 3 is 2.50 bits per heavy atom. The van der Waals surface area contributed by atoms with Crippen LogP contribution in [0.1, 0.15) is 22.3 Å². The highest BCUT2D eigenvalue weighted by molar-refractivity contribution is 6.15. The predicted molar refractivity (Wildman–Crippen MR) is 119 cm³/mol. The minimum Gasteiger partial charge on any atom is -0.383 e. The third-order valence-corrected chi connectivity index (χ3v) is 7.33. The molecule has 0 radical (unpaired) electrons. The van der Waals surface area contributed by atoms with E-state index in [1.54, 1.807) is 7.11 Å². The van der Waals surface area contributed by atoms with E-state index in [1.807, 2.05) is 56.3 Å². The summed E-state index contributed by atoms with van der Waals surface area (Å²) >= 11 is 0. The summed E-state index contributed by atoms with van der Waals surface area (Å²) in [5.41, 5.74) is 3.34. The summed E-state index contributed by atoms with van der Waals surface area (Å²) in [7, 11) is 1.54. The maximum atomic E-state index is 13.6. The van der Waals surface area contributed by atoms with Crippen molar-refractivity contribution in [3.8, 4) is 0 Å². The fourth-order valence-corrected chi connectivity index (χ4v) is 5.62. The van der Waals surface area contributed by atoms with Crippen molar-refractivity contribution < 1.29 is 19.1 Å². The van der Waals surface area contributed by atoms with Crippen LogP contribution in [-0.2, 0) is 31.1 Å². The number of imide groups is 1. The van der Waals surface area contributed by atoms with Crippen molar-refractivity contribution in [1.29, 1.82) is 0 Å². The normalized spacial score (nSPS) is 28.4. The van der Waals surface area contributed by atoms with E-state index in [9.17, 15) is 14.4 Å². The van der Waals surface area contributed by atoms with E-state index >= 15 is 0 Å². The lowest BCUT2D eigenvalue weighted by atomic mass is 9.75. The zero-order chi connectivity index (χ0) is 22.6. The van der Waals surface area contributed by atoms with E-state index in [2.05, 4.69) is 10.6 Å². The first-order valence-corrected chi connectivity index (χ1v) is 11.0. The summed E-state index contributed by atoms with van der Waals surface area (Å²) in [6.45, 7) is 4.42. The molecule has 0 unspecified atom stereocenters. The summed E-state index contributed by atoms with van der Waals surface area (Å²) in [5.74, 6) is -2.20. The number of likely N-dealkylation sites (tertiary alicyclic amines) is 1. The standard InChI is InChI=1S/C25H27N3O4/c1-14-9-10-17-21(15(14)2)26-24(31)25(17)20-19(22(29)28(23(20)30)11-12-32-3)18(27-25)13-16-7-5-4-6-8-16/h4-10,18-20,27H,11-13H2,1-3H3,(H,26,31)/t18-,19+,20-,25-/m0/s1. The predicted octanol–water partition coefficient (Wildman–Crippen LogP) is 1.91. The van der Waals surface area contributed by atoms with Crippen LogP contribution < -0.4 is 10.6 Å². The lowest BCUT2D eigenvalue weighted by Crippen LogP contribution is -2.53. The minimum absolute atomic E-state index is 0.191. The average Bonchev–Trinajstić information content (AvgIpc) is 3.35. The Morgan fingerprint density at radius 2 is 1.78 bits per heavy atom. The van der Waals surface area contributed by atoms with E-state index in [0.29, 0.717) is 6.42 Å². The van der Waals surface area contributed by atoms with Gasteiger partial charge < -0.3 is 10.1 Å². The number of fused-ring (bicyclic) bond motifs is 4. The second-order valence-electron chi connectivity index (χ2n) is 8.96. The number of rotatable bonds is 5. The van der Waals surface area contributed by atoms with Crippen molar-refractivity contribution in [3.05, 3.63) is 64.7 Å². The number of nitrogens with zero attached hydrogens (tertiary/aromatic N) is 1. The molecular weight excluding hydrogens is 406 g/mol. The highest BCUT2D eigenvalue weighted by Crippen LogP contribution is 2.54. The Bertz CT molecular complexity index is 1120. The second kappa shape index (κ2) is 7.53. The molecule has 0 bridgehead atoms. The van der Waals surface area contributed by atoms with Crippen molar-refractivity contribution in [1.82, 2.24) is 10.2 Å². The van der Waals surface area contributed by atoms with Gasteiger partial charge in [-0.25, -0.2) is 0 Å². The number of methoxy groups -OCH3 is 1. The van der Waals surface area contributed by atoms with E-state index in [-0.39, 0.29) is 36.9 Å². The quantitative estimate of drug-likeness (QED) is 0.704. The SMILES string of the molecule is COCCN1C(=O)[C@@H]2[C@H](Cc3ccccc3)N[C@]3(C(=O)Nc4c3ccc(C)c4C)[C@@H]2C1=O. The van der Waals surface area contributed by atoms with E-state index in [1.165, 1.54) is 4.90 Å². The molecule has 3 heterocycles. The van der Waals surface area contributed by atoms with Gasteiger partial charge in [-0.1, -0.05) is 42.5 Å². The van der Waals surface area contributed by atoms with Gasteiger partial charge in [0.2, 0.25) is 17.7 Å². The molecule has 2 aromatic rings. The molecule has 2 aromatic carbocycles. The molecular formula is C25H27N3O4. The molecule has 2 saturated heterocycles. The molecule has 3 amide bonds. The van der Waals surface area contributed by atoms with Gasteiger partial charge in [-0.3, -0.25) is 24.6 Å². The number of carbonyl (C=O) groups is 3. The number of aryl methyl sites for hydroxylation is 1. The van der Waals surface area contributed by atoms with E-state index in [0.717, 1.165) is 27.9 Å². The van der Waals surface area contributed by atoms with Gasteiger partial charge in [0.15, 0.2) is 0 Å². The number of carbonyl (C=O) groups excluding carboxylic acids is 3. The van der Waals surface area contributed by atoms with Crippen LogP contribution >= 0.6 is 0 Å². The molecule has 1 spiro atoms. The van der Waals surface area contributed by atoms with Gasteiger partial charge in [0.05, 0.1) is 25.0 Å². The van der Waals surface area contributed by atoms with Crippen LogP contribution in [0.3, 0.4) is 0 Å². The first-order valence-electron chi connectivity index (χ1n) is 11.0. The summed E-state index contributed by atoms with van der Waals surface area (Å²) < 4.78 is 5.13. The third-order valence-electron chi connectivity index (χ3n) is 7.33. The monoisotopic (exact) mass is 433 g/mol. The topological polar surface area (TPSA) is 87.7 Å². The number of nitrogens with one attached hydrogen (secondary N) is 2. The van der Waals surface area contributed by atoms with Crippen molar-refractivity contribution in [3.63, 3.8) is 0 Å². The molecule has 7 nitrogen and oxygen atoms in total. The fraction of sp³-hybridized carbons (Fsp3) is 0.400. The number of benzene rings is 2. The van der Waals surface area contributed by atoms with Gasteiger partial charge in [0, 0.05) is 24.4 Å². The average molecular weight is 434 g/mol. The summed E-state index contributed by atoms with van der Waals surface area (Å²) in [6.07, 6.45) is 0.550. The third kappa shape index (κ3) is 2.77. The maximum Gasteiger partial charge on any atom is 0.250 e. The minimum atomic E-state index is -1.26. The number of hydrogen-bond acceptors (Lipinski definition) is 5. The summed E-state index contributed by atoms with van der Waals surface area (Å²) in [4.78, 5) is 41.9. The summed E-state index contributed by atoms with van der Waals surface area (Å²) in [6, 6.07) is 13.4. The van der Waals surface area contributed by atoms with Crippen LogP contribution in [0, 0.1) is 25.7 Å². The van der Waals surface area contributed by atoms with Crippen molar-refractivity contribution >= 4 is 23.4 Å². The lowest BCUT2D eigenvalue weighted by molar-refractivity contribution is -0.143. The van der Waals surface area contributed by atoms with Crippen molar-refractivity contribution in [2.75, 3.05) is 25.6 Å². The molecule has 3 aliphatic heterocycles. The van der Waals surface area contributed by atoms with Crippen LogP contribution in [0.5, 0.6) is 0 Å². The molecule has 2 fully saturated rings. The molecule has 0 aromatic heterocycles. The van der Waals surface area contributed by atoms with Gasteiger partial charge in [-0.2, -0.15) is 0 Å². The van der Waals surface area contributed by atoms with Gasteiger partial charge in [-0.05, 0) is 37.0 Å². The number of ether oxygens (including phenoxy) is 1. The lowest BCUT2D eigenvalue weighted by Gasteiger charge is -2.29. The molecule has 0 aliphatic carbocycles. The molecule has 2 N–H and O–H groups in total. The Morgan fingerprint density at radius 1 is 1.03 bits per heavy atom. The number of amides is 3. The first kappa shape index (κ1) is 20.8. The van der Waals surface area contributed by atoms with Crippen molar-refractivity contribution in [2.45, 2.75) is 31.8 Å². The largest absolute Gasteiger partial charge is 0.383 e. The second-order valence-corrected chi connectivity index (χ2v) is 8.96. The molecule has 0 saturated carbocycles. The van der Waals surface area contributed by atoms with Gasteiger partial charge in [-0.15, -0.1) is 0 Å². The molecule has 166 valence electrons.